The number of pyridine rings is 1. The highest BCUT2D eigenvalue weighted by molar-refractivity contribution is 7.89. The Morgan fingerprint density at radius 2 is 2.16 bits per heavy atom. The van der Waals surface area contributed by atoms with Gasteiger partial charge in [0.1, 0.15) is 0 Å². The first-order chi connectivity index (χ1) is 9.03. The molecule has 1 fully saturated rings. The summed E-state index contributed by atoms with van der Waals surface area (Å²) in [5.74, 6) is 0. The van der Waals surface area contributed by atoms with E-state index in [1.54, 1.807) is 19.2 Å². The second-order valence-electron chi connectivity index (χ2n) is 5.14. The summed E-state index contributed by atoms with van der Waals surface area (Å²) in [5, 5.41) is 2.93. The number of hydrogen-bond acceptors (Lipinski definition) is 4. The fourth-order valence-corrected chi connectivity index (χ4v) is 3.74. The predicted molar refractivity (Wildman–Crippen MR) is 75.5 cm³/mol. The molecule has 0 unspecified atom stereocenters. The van der Waals surface area contributed by atoms with Gasteiger partial charge in [-0.15, -0.1) is 0 Å². The Hall–Kier alpha value is -1.14. The number of sulfonamides is 1. The number of nitrogens with one attached hydrogen (secondary N) is 2. The lowest BCUT2D eigenvalue weighted by molar-refractivity contribution is 0.133. The smallest absolute Gasteiger partial charge is 0.260 e. The lowest BCUT2D eigenvalue weighted by atomic mass is 9.67. The normalized spacial score (nSPS) is 17.8. The standard InChI is InChI=1S/C13H21N3O2S/c1-3-13(7-5-8-13)10-16-19(17,18)12-11(14-2)6-4-9-15-12/h4,6,9,14,16H,3,5,7-8,10H2,1-2H3. The largest absolute Gasteiger partial charge is 0.386 e. The zero-order valence-electron chi connectivity index (χ0n) is 11.4. The van der Waals surface area contributed by atoms with Crippen molar-refractivity contribution in [2.45, 2.75) is 37.6 Å². The topological polar surface area (TPSA) is 71.1 Å². The van der Waals surface area contributed by atoms with Crippen LogP contribution in [0.4, 0.5) is 5.69 Å². The number of anilines is 1. The third kappa shape index (κ3) is 2.90. The van der Waals surface area contributed by atoms with Crippen LogP contribution in [0.15, 0.2) is 23.4 Å². The minimum atomic E-state index is -3.55. The first-order valence-corrected chi connectivity index (χ1v) is 8.14. The van der Waals surface area contributed by atoms with Gasteiger partial charge in [0.15, 0.2) is 5.03 Å². The van der Waals surface area contributed by atoms with Crippen LogP contribution in [0.3, 0.4) is 0 Å². The Bertz CT molecular complexity index is 533. The quantitative estimate of drug-likeness (QED) is 0.837. The molecule has 1 aliphatic rings. The van der Waals surface area contributed by atoms with Gasteiger partial charge in [-0.2, -0.15) is 0 Å². The predicted octanol–water partition coefficient (Wildman–Crippen LogP) is 1.98. The van der Waals surface area contributed by atoms with Gasteiger partial charge in [-0.3, -0.25) is 0 Å². The van der Waals surface area contributed by atoms with Crippen molar-refractivity contribution >= 4 is 15.7 Å². The maximum absolute atomic E-state index is 12.3. The molecule has 1 aromatic heterocycles. The highest BCUT2D eigenvalue weighted by Crippen LogP contribution is 2.43. The molecular formula is C13H21N3O2S. The zero-order chi connectivity index (χ0) is 13.9. The highest BCUT2D eigenvalue weighted by Gasteiger charge is 2.36. The van der Waals surface area contributed by atoms with Crippen LogP contribution in [-0.2, 0) is 10.0 Å². The molecule has 1 heterocycles. The molecule has 106 valence electrons. The monoisotopic (exact) mass is 283 g/mol. The zero-order valence-corrected chi connectivity index (χ0v) is 12.3. The lowest BCUT2D eigenvalue weighted by Crippen LogP contribution is -2.41. The summed E-state index contributed by atoms with van der Waals surface area (Å²) in [4.78, 5) is 3.98. The molecule has 0 saturated heterocycles. The number of rotatable bonds is 6. The Balaban J connectivity index is 2.14. The van der Waals surface area contributed by atoms with Crippen molar-refractivity contribution in [2.24, 2.45) is 5.41 Å². The van der Waals surface area contributed by atoms with Crippen LogP contribution < -0.4 is 10.0 Å². The second-order valence-corrected chi connectivity index (χ2v) is 6.82. The molecule has 6 heteroatoms. The summed E-state index contributed by atoms with van der Waals surface area (Å²) >= 11 is 0. The molecule has 0 aromatic carbocycles. The average molecular weight is 283 g/mol. The summed E-state index contributed by atoms with van der Waals surface area (Å²) in [6.07, 6.45) is 5.91. The van der Waals surface area contributed by atoms with E-state index in [1.165, 1.54) is 12.6 Å². The van der Waals surface area contributed by atoms with Crippen LogP contribution >= 0.6 is 0 Å². The third-order valence-corrected chi connectivity index (χ3v) is 5.46. The number of nitrogens with zero attached hydrogens (tertiary/aromatic N) is 1. The Kier molecular flexibility index (Phi) is 4.10. The van der Waals surface area contributed by atoms with E-state index in [0.29, 0.717) is 12.2 Å². The number of hydrogen-bond donors (Lipinski definition) is 2. The van der Waals surface area contributed by atoms with Gasteiger partial charge in [-0.1, -0.05) is 13.3 Å². The first kappa shape index (κ1) is 14.3. The van der Waals surface area contributed by atoms with Crippen molar-refractivity contribution in [3.8, 4) is 0 Å². The van der Waals surface area contributed by atoms with E-state index in [0.717, 1.165) is 19.3 Å². The molecular weight excluding hydrogens is 262 g/mol. The van der Waals surface area contributed by atoms with Crippen molar-refractivity contribution in [3.63, 3.8) is 0 Å². The summed E-state index contributed by atoms with van der Waals surface area (Å²) < 4.78 is 27.3. The maximum Gasteiger partial charge on any atom is 0.260 e. The summed E-state index contributed by atoms with van der Waals surface area (Å²) in [7, 11) is -1.86. The molecule has 1 aromatic rings. The van der Waals surface area contributed by atoms with E-state index >= 15 is 0 Å². The summed E-state index contributed by atoms with van der Waals surface area (Å²) in [6.45, 7) is 2.62. The van der Waals surface area contributed by atoms with Crippen molar-refractivity contribution in [3.05, 3.63) is 18.3 Å². The van der Waals surface area contributed by atoms with E-state index < -0.39 is 10.0 Å². The van der Waals surface area contributed by atoms with Crippen molar-refractivity contribution in [2.75, 3.05) is 18.9 Å². The Labute approximate surface area is 114 Å². The van der Waals surface area contributed by atoms with Crippen LogP contribution in [0.5, 0.6) is 0 Å². The maximum atomic E-state index is 12.3. The highest BCUT2D eigenvalue weighted by atomic mass is 32.2. The molecule has 2 rings (SSSR count). The molecule has 19 heavy (non-hydrogen) atoms. The molecule has 2 N–H and O–H groups in total. The molecule has 1 aliphatic carbocycles. The SMILES string of the molecule is CCC1(CNS(=O)(=O)c2ncccc2NC)CCC1. The average Bonchev–Trinajstić information content (AvgIpc) is 2.38. The van der Waals surface area contributed by atoms with Crippen LogP contribution in [0.25, 0.3) is 0 Å². The number of aromatic nitrogens is 1. The molecule has 0 aliphatic heterocycles. The van der Waals surface area contributed by atoms with Crippen LogP contribution in [0.1, 0.15) is 32.6 Å². The van der Waals surface area contributed by atoms with Crippen LogP contribution in [0.2, 0.25) is 0 Å². The molecule has 0 atom stereocenters. The minimum Gasteiger partial charge on any atom is -0.386 e. The second kappa shape index (κ2) is 5.46. The first-order valence-electron chi connectivity index (χ1n) is 6.65. The summed E-state index contributed by atoms with van der Waals surface area (Å²) in [5.41, 5.74) is 0.677. The van der Waals surface area contributed by atoms with Gasteiger partial charge in [0.25, 0.3) is 10.0 Å². The van der Waals surface area contributed by atoms with Crippen molar-refractivity contribution < 1.29 is 8.42 Å². The van der Waals surface area contributed by atoms with Gasteiger partial charge < -0.3 is 5.32 Å². The van der Waals surface area contributed by atoms with E-state index in [1.807, 2.05) is 0 Å². The fraction of sp³-hybridized carbons (Fsp3) is 0.615. The van der Waals surface area contributed by atoms with E-state index in [2.05, 4.69) is 21.9 Å². The third-order valence-electron chi connectivity index (χ3n) is 4.10. The van der Waals surface area contributed by atoms with Gasteiger partial charge in [-0.25, -0.2) is 18.1 Å². The van der Waals surface area contributed by atoms with Gasteiger partial charge in [0.2, 0.25) is 0 Å². The van der Waals surface area contributed by atoms with Crippen molar-refractivity contribution in [1.29, 1.82) is 0 Å². The van der Waals surface area contributed by atoms with E-state index in [4.69, 9.17) is 0 Å². The van der Waals surface area contributed by atoms with Crippen LogP contribution in [0, 0.1) is 5.41 Å². The molecule has 5 nitrogen and oxygen atoms in total. The molecule has 0 amide bonds. The Morgan fingerprint density at radius 1 is 1.42 bits per heavy atom. The minimum absolute atomic E-state index is 0.0723. The lowest BCUT2D eigenvalue weighted by Gasteiger charge is -2.41. The fourth-order valence-electron chi connectivity index (χ4n) is 2.44. The molecule has 1 saturated carbocycles. The summed E-state index contributed by atoms with van der Waals surface area (Å²) in [6, 6.07) is 3.42. The van der Waals surface area contributed by atoms with Crippen molar-refractivity contribution in [1.82, 2.24) is 9.71 Å². The molecule has 0 bridgehead atoms. The molecule has 0 radical (unpaired) electrons. The van der Waals surface area contributed by atoms with Gasteiger partial charge in [0.05, 0.1) is 5.69 Å². The van der Waals surface area contributed by atoms with Gasteiger partial charge in [-0.05, 0) is 36.8 Å². The van der Waals surface area contributed by atoms with Crippen LogP contribution in [-0.4, -0.2) is 27.0 Å². The Morgan fingerprint density at radius 3 is 2.68 bits per heavy atom. The van der Waals surface area contributed by atoms with E-state index in [-0.39, 0.29) is 10.4 Å². The van der Waals surface area contributed by atoms with Gasteiger partial charge in [0, 0.05) is 19.8 Å². The van der Waals surface area contributed by atoms with E-state index in [9.17, 15) is 8.42 Å². The van der Waals surface area contributed by atoms with Gasteiger partial charge >= 0.3 is 0 Å². The molecule has 0 spiro atoms.